The molecule has 0 bridgehead atoms. The van der Waals surface area contributed by atoms with Crippen molar-refractivity contribution < 1.29 is 4.39 Å². The molecule has 0 spiro atoms. The van der Waals surface area contributed by atoms with Crippen molar-refractivity contribution in [3.8, 4) is 0 Å². The van der Waals surface area contributed by atoms with E-state index < -0.39 is 0 Å². The van der Waals surface area contributed by atoms with Crippen LogP contribution >= 0.6 is 22.9 Å². The van der Waals surface area contributed by atoms with Crippen molar-refractivity contribution >= 4 is 22.9 Å². The lowest BCUT2D eigenvalue weighted by Crippen LogP contribution is -2.29. The Bertz CT molecular complexity index is 489. The van der Waals surface area contributed by atoms with Crippen LogP contribution in [0.3, 0.4) is 0 Å². The number of hydrogen-bond donors (Lipinski definition) is 2. The number of nitrogens with zero attached hydrogens (tertiary/aromatic N) is 1. The zero-order valence-corrected chi connectivity index (χ0v) is 10.4. The normalized spacial score (nSPS) is 12.6. The molecular formula is C11H11ClFN3S. The number of hydrazine groups is 1. The van der Waals surface area contributed by atoms with Gasteiger partial charge in [-0.1, -0.05) is 17.7 Å². The van der Waals surface area contributed by atoms with Crippen LogP contribution in [-0.2, 0) is 6.42 Å². The van der Waals surface area contributed by atoms with E-state index in [1.54, 1.807) is 11.6 Å². The third kappa shape index (κ3) is 3.01. The molecule has 3 N–H and O–H groups in total. The number of rotatable bonds is 4. The molecule has 1 aromatic carbocycles. The van der Waals surface area contributed by atoms with Crippen LogP contribution in [0.1, 0.15) is 17.3 Å². The highest BCUT2D eigenvalue weighted by atomic mass is 35.5. The Hall–Kier alpha value is -1.01. The van der Waals surface area contributed by atoms with Crippen molar-refractivity contribution in [2.45, 2.75) is 12.5 Å². The van der Waals surface area contributed by atoms with Gasteiger partial charge in [-0.2, -0.15) is 0 Å². The van der Waals surface area contributed by atoms with Gasteiger partial charge in [0.05, 0.1) is 17.2 Å². The van der Waals surface area contributed by atoms with E-state index in [0.29, 0.717) is 11.4 Å². The van der Waals surface area contributed by atoms with E-state index in [-0.39, 0.29) is 11.9 Å². The Morgan fingerprint density at radius 2 is 2.35 bits per heavy atom. The van der Waals surface area contributed by atoms with E-state index in [1.165, 1.54) is 23.5 Å². The van der Waals surface area contributed by atoms with Gasteiger partial charge < -0.3 is 0 Å². The smallest absolute Gasteiger partial charge is 0.124 e. The van der Waals surface area contributed by atoms with E-state index in [2.05, 4.69) is 10.4 Å². The lowest BCUT2D eigenvalue weighted by molar-refractivity contribution is 0.540. The summed E-state index contributed by atoms with van der Waals surface area (Å²) in [6.45, 7) is 0. The lowest BCUT2D eigenvalue weighted by atomic mass is 10.0. The van der Waals surface area contributed by atoms with Crippen LogP contribution in [0.25, 0.3) is 0 Å². The molecule has 0 saturated carbocycles. The molecule has 0 saturated heterocycles. The third-order valence-electron chi connectivity index (χ3n) is 2.45. The van der Waals surface area contributed by atoms with E-state index in [4.69, 9.17) is 17.4 Å². The Morgan fingerprint density at radius 3 is 2.94 bits per heavy atom. The number of nitrogens with two attached hydrogens (primary N) is 1. The zero-order valence-electron chi connectivity index (χ0n) is 8.86. The quantitative estimate of drug-likeness (QED) is 0.664. The van der Waals surface area contributed by atoms with E-state index >= 15 is 0 Å². The molecule has 3 nitrogen and oxygen atoms in total. The largest absolute Gasteiger partial charge is 0.271 e. The zero-order chi connectivity index (χ0) is 12.3. The molecule has 1 heterocycles. The second kappa shape index (κ2) is 5.55. The van der Waals surface area contributed by atoms with Gasteiger partial charge in [-0.3, -0.25) is 11.3 Å². The van der Waals surface area contributed by atoms with Crippen molar-refractivity contribution in [2.24, 2.45) is 5.84 Å². The van der Waals surface area contributed by atoms with Gasteiger partial charge in [-0.15, -0.1) is 11.3 Å². The van der Waals surface area contributed by atoms with Crippen molar-refractivity contribution in [1.82, 2.24) is 10.4 Å². The number of halogens is 2. The van der Waals surface area contributed by atoms with E-state index in [1.807, 2.05) is 5.38 Å². The fourth-order valence-electron chi connectivity index (χ4n) is 1.55. The summed E-state index contributed by atoms with van der Waals surface area (Å²) in [6.07, 6.45) is 0.569. The van der Waals surface area contributed by atoms with Crippen LogP contribution in [0.5, 0.6) is 0 Å². The van der Waals surface area contributed by atoms with Gasteiger partial charge in [-0.05, 0) is 24.1 Å². The lowest BCUT2D eigenvalue weighted by Gasteiger charge is -2.14. The van der Waals surface area contributed by atoms with Crippen molar-refractivity contribution in [1.29, 1.82) is 0 Å². The summed E-state index contributed by atoms with van der Waals surface area (Å²) in [5, 5.41) is 2.32. The molecule has 0 aliphatic heterocycles. The summed E-state index contributed by atoms with van der Waals surface area (Å²) in [4.78, 5) is 4.19. The van der Waals surface area contributed by atoms with E-state index in [9.17, 15) is 4.39 Å². The highest BCUT2D eigenvalue weighted by Gasteiger charge is 2.14. The van der Waals surface area contributed by atoms with Crippen LogP contribution in [-0.4, -0.2) is 4.98 Å². The van der Waals surface area contributed by atoms with Crippen molar-refractivity contribution in [3.05, 3.63) is 51.2 Å². The molecule has 2 rings (SSSR count). The first-order valence-corrected chi connectivity index (χ1v) is 6.31. The molecule has 2 aromatic rings. The Kier molecular flexibility index (Phi) is 4.06. The molecule has 17 heavy (non-hydrogen) atoms. The minimum atomic E-state index is -0.343. The van der Waals surface area contributed by atoms with Gasteiger partial charge in [0, 0.05) is 10.4 Å². The predicted octanol–water partition coefficient (Wildman–Crippen LogP) is 2.68. The maximum atomic E-state index is 12.9. The molecule has 0 fully saturated rings. The molecular weight excluding hydrogens is 261 g/mol. The molecule has 0 radical (unpaired) electrons. The molecule has 1 unspecified atom stereocenters. The average molecular weight is 272 g/mol. The standard InChI is InChI=1S/C11H11ClFN3S/c12-9-4-8(13)2-1-7(9)3-10(16-14)11-5-17-6-15-11/h1-2,4-6,10,16H,3,14H2. The number of nitrogens with one attached hydrogen (secondary N) is 1. The summed E-state index contributed by atoms with van der Waals surface area (Å²) in [5.41, 5.74) is 6.12. The minimum Gasteiger partial charge on any atom is -0.271 e. The summed E-state index contributed by atoms with van der Waals surface area (Å²) in [6, 6.07) is 4.22. The van der Waals surface area contributed by atoms with Crippen molar-refractivity contribution in [2.75, 3.05) is 0 Å². The molecule has 0 aliphatic carbocycles. The highest BCUT2D eigenvalue weighted by molar-refractivity contribution is 7.07. The SMILES string of the molecule is NNC(Cc1ccc(F)cc1Cl)c1cscn1. The van der Waals surface area contributed by atoms with Gasteiger partial charge in [0.25, 0.3) is 0 Å². The van der Waals surface area contributed by atoms with Crippen LogP contribution in [0.15, 0.2) is 29.1 Å². The molecule has 6 heteroatoms. The Balaban J connectivity index is 2.19. The topological polar surface area (TPSA) is 50.9 Å². The van der Waals surface area contributed by atoms with Gasteiger partial charge in [0.1, 0.15) is 5.82 Å². The number of hydrogen-bond acceptors (Lipinski definition) is 4. The first kappa shape index (κ1) is 12.4. The van der Waals surface area contributed by atoms with Crippen molar-refractivity contribution in [3.63, 3.8) is 0 Å². The Labute approximate surface area is 107 Å². The number of aromatic nitrogens is 1. The van der Waals surface area contributed by atoms with Gasteiger partial charge in [0.15, 0.2) is 0 Å². The summed E-state index contributed by atoms with van der Waals surface area (Å²) in [5.74, 6) is 5.15. The van der Waals surface area contributed by atoms with Crippen LogP contribution in [0.4, 0.5) is 4.39 Å². The van der Waals surface area contributed by atoms with Gasteiger partial charge in [-0.25, -0.2) is 9.37 Å². The summed E-state index contributed by atoms with van der Waals surface area (Å²) >= 11 is 7.47. The fraction of sp³-hybridized carbons (Fsp3) is 0.182. The molecule has 0 aliphatic rings. The third-order valence-corrected chi connectivity index (χ3v) is 3.41. The second-order valence-corrected chi connectivity index (χ2v) is 4.70. The fourth-order valence-corrected chi connectivity index (χ4v) is 2.40. The maximum Gasteiger partial charge on any atom is 0.124 e. The average Bonchev–Trinajstić information content (AvgIpc) is 2.81. The molecule has 1 aromatic heterocycles. The summed E-state index contributed by atoms with van der Waals surface area (Å²) < 4.78 is 12.9. The van der Waals surface area contributed by atoms with Gasteiger partial charge in [0.2, 0.25) is 0 Å². The second-order valence-electron chi connectivity index (χ2n) is 3.57. The maximum absolute atomic E-state index is 12.9. The first-order valence-electron chi connectivity index (χ1n) is 4.99. The summed E-state index contributed by atoms with van der Waals surface area (Å²) in [7, 11) is 0. The number of thiazole rings is 1. The monoisotopic (exact) mass is 271 g/mol. The van der Waals surface area contributed by atoms with Crippen LogP contribution in [0.2, 0.25) is 5.02 Å². The molecule has 1 atom stereocenters. The predicted molar refractivity (Wildman–Crippen MR) is 67.3 cm³/mol. The van der Waals surface area contributed by atoms with Crippen LogP contribution < -0.4 is 11.3 Å². The molecule has 0 amide bonds. The molecule has 90 valence electrons. The van der Waals surface area contributed by atoms with Gasteiger partial charge >= 0.3 is 0 Å². The van der Waals surface area contributed by atoms with E-state index in [0.717, 1.165) is 11.3 Å². The highest BCUT2D eigenvalue weighted by Crippen LogP contribution is 2.23. The minimum absolute atomic E-state index is 0.121. The number of benzene rings is 1. The van der Waals surface area contributed by atoms with Crippen LogP contribution in [0, 0.1) is 5.82 Å². The Morgan fingerprint density at radius 1 is 1.53 bits per heavy atom. The first-order chi connectivity index (χ1) is 8.20.